The summed E-state index contributed by atoms with van der Waals surface area (Å²) in [4.78, 5) is 28.7. The SMILES string of the molecule is COc1ccnc(C(=O)N[C@@H](C)C(=O)OC2CCc3ccccc3C2C)c1O. The minimum Gasteiger partial charge on any atom is -0.503 e. The quantitative estimate of drug-likeness (QED) is 0.769. The number of carbonyl (C=O) groups is 2. The molecule has 2 unspecified atom stereocenters. The van der Waals surface area contributed by atoms with Crippen LogP contribution in [-0.2, 0) is 16.0 Å². The zero-order chi connectivity index (χ0) is 20.3. The van der Waals surface area contributed by atoms with Gasteiger partial charge in [-0.3, -0.25) is 4.79 Å². The summed E-state index contributed by atoms with van der Waals surface area (Å²) >= 11 is 0. The number of nitrogens with zero attached hydrogens (tertiary/aromatic N) is 1. The van der Waals surface area contributed by atoms with Crippen LogP contribution in [0.1, 0.15) is 47.8 Å². The Bertz CT molecular complexity index is 883. The van der Waals surface area contributed by atoms with Crippen molar-refractivity contribution >= 4 is 11.9 Å². The number of carbonyl (C=O) groups excluding carboxylic acids is 2. The molecule has 0 saturated heterocycles. The van der Waals surface area contributed by atoms with Crippen LogP contribution < -0.4 is 10.1 Å². The molecule has 0 saturated carbocycles. The maximum Gasteiger partial charge on any atom is 0.328 e. The molecule has 0 radical (unpaired) electrons. The first-order chi connectivity index (χ1) is 13.4. The second-order valence-electron chi connectivity index (χ2n) is 6.91. The van der Waals surface area contributed by atoms with Gasteiger partial charge in [-0.25, -0.2) is 9.78 Å². The molecule has 1 aromatic heterocycles. The standard InChI is InChI=1S/C21H24N2O5/c1-12-15-7-5-4-6-14(15)8-9-16(12)28-21(26)13(2)23-20(25)18-19(24)17(27-3)10-11-22-18/h4-7,10-13,16,24H,8-9H2,1-3H3,(H,23,25)/t12?,13-,16?/m0/s1. The van der Waals surface area contributed by atoms with Gasteiger partial charge in [-0.2, -0.15) is 0 Å². The molecular formula is C21H24N2O5. The molecule has 28 heavy (non-hydrogen) atoms. The van der Waals surface area contributed by atoms with Gasteiger partial charge in [0.1, 0.15) is 12.1 Å². The summed E-state index contributed by atoms with van der Waals surface area (Å²) in [5.74, 6) is -1.36. The molecule has 2 N–H and O–H groups in total. The highest BCUT2D eigenvalue weighted by Crippen LogP contribution is 2.33. The number of fused-ring (bicyclic) bond motifs is 1. The summed E-state index contributed by atoms with van der Waals surface area (Å²) in [5, 5.41) is 12.6. The van der Waals surface area contributed by atoms with Gasteiger partial charge in [0.2, 0.25) is 0 Å². The van der Waals surface area contributed by atoms with Crippen LogP contribution >= 0.6 is 0 Å². The Hall–Kier alpha value is -3.09. The van der Waals surface area contributed by atoms with Crippen LogP contribution in [0.25, 0.3) is 0 Å². The second-order valence-corrected chi connectivity index (χ2v) is 6.91. The van der Waals surface area contributed by atoms with Gasteiger partial charge < -0.3 is 19.9 Å². The van der Waals surface area contributed by atoms with Gasteiger partial charge in [-0.1, -0.05) is 31.2 Å². The van der Waals surface area contributed by atoms with E-state index in [9.17, 15) is 14.7 Å². The topological polar surface area (TPSA) is 97.8 Å². The molecule has 1 aromatic carbocycles. The maximum atomic E-state index is 12.5. The molecule has 0 bridgehead atoms. The molecule has 1 aliphatic carbocycles. The fraction of sp³-hybridized carbons (Fsp3) is 0.381. The van der Waals surface area contributed by atoms with E-state index in [1.165, 1.54) is 30.5 Å². The number of nitrogens with one attached hydrogen (secondary N) is 1. The van der Waals surface area contributed by atoms with Crippen molar-refractivity contribution in [1.29, 1.82) is 0 Å². The second kappa shape index (κ2) is 8.29. The van der Waals surface area contributed by atoms with Gasteiger partial charge in [0.05, 0.1) is 7.11 Å². The van der Waals surface area contributed by atoms with Crippen molar-refractivity contribution in [3.63, 3.8) is 0 Å². The molecule has 1 amide bonds. The lowest BCUT2D eigenvalue weighted by atomic mass is 9.82. The Morgan fingerprint density at radius 3 is 2.79 bits per heavy atom. The maximum absolute atomic E-state index is 12.5. The fourth-order valence-corrected chi connectivity index (χ4v) is 3.46. The lowest BCUT2D eigenvalue weighted by Crippen LogP contribution is -2.42. The number of aromatic hydroxyl groups is 1. The Morgan fingerprint density at radius 1 is 1.29 bits per heavy atom. The number of hydrogen-bond acceptors (Lipinski definition) is 6. The fourth-order valence-electron chi connectivity index (χ4n) is 3.46. The smallest absolute Gasteiger partial charge is 0.328 e. The van der Waals surface area contributed by atoms with Crippen molar-refractivity contribution < 1.29 is 24.2 Å². The van der Waals surface area contributed by atoms with E-state index in [4.69, 9.17) is 9.47 Å². The first-order valence-corrected chi connectivity index (χ1v) is 9.23. The first-order valence-electron chi connectivity index (χ1n) is 9.23. The van der Waals surface area contributed by atoms with Crippen LogP contribution in [0.5, 0.6) is 11.5 Å². The normalized spacial score (nSPS) is 19.2. The Morgan fingerprint density at radius 2 is 2.04 bits per heavy atom. The van der Waals surface area contributed by atoms with Gasteiger partial charge in [0.15, 0.2) is 17.2 Å². The van der Waals surface area contributed by atoms with Crippen molar-refractivity contribution in [3.05, 3.63) is 53.3 Å². The van der Waals surface area contributed by atoms with Crippen LogP contribution in [0.4, 0.5) is 0 Å². The van der Waals surface area contributed by atoms with Gasteiger partial charge >= 0.3 is 5.97 Å². The van der Waals surface area contributed by atoms with E-state index in [1.54, 1.807) is 6.92 Å². The van der Waals surface area contributed by atoms with Gasteiger partial charge in [-0.15, -0.1) is 0 Å². The van der Waals surface area contributed by atoms with Crippen molar-refractivity contribution in [2.24, 2.45) is 0 Å². The van der Waals surface area contributed by atoms with E-state index in [2.05, 4.69) is 22.4 Å². The van der Waals surface area contributed by atoms with E-state index < -0.39 is 17.9 Å². The molecule has 3 rings (SSSR count). The van der Waals surface area contributed by atoms with Crippen molar-refractivity contribution in [1.82, 2.24) is 10.3 Å². The van der Waals surface area contributed by atoms with Gasteiger partial charge in [0.25, 0.3) is 5.91 Å². The van der Waals surface area contributed by atoms with E-state index in [0.717, 1.165) is 12.8 Å². The zero-order valence-electron chi connectivity index (χ0n) is 16.1. The van der Waals surface area contributed by atoms with Crippen molar-refractivity contribution in [3.8, 4) is 11.5 Å². The van der Waals surface area contributed by atoms with Crippen molar-refractivity contribution in [2.45, 2.75) is 44.8 Å². The number of aryl methyl sites for hydroxylation is 1. The third kappa shape index (κ3) is 3.93. The Labute approximate surface area is 163 Å². The van der Waals surface area contributed by atoms with E-state index in [1.807, 2.05) is 19.1 Å². The van der Waals surface area contributed by atoms with Crippen LogP contribution in [0.15, 0.2) is 36.5 Å². The molecule has 3 atom stereocenters. The number of methoxy groups -OCH3 is 1. The number of pyridine rings is 1. The van der Waals surface area contributed by atoms with Gasteiger partial charge in [0, 0.05) is 18.2 Å². The largest absolute Gasteiger partial charge is 0.503 e. The molecule has 2 aromatic rings. The van der Waals surface area contributed by atoms with E-state index in [0.29, 0.717) is 0 Å². The third-order valence-corrected chi connectivity index (χ3v) is 5.09. The van der Waals surface area contributed by atoms with E-state index in [-0.39, 0.29) is 29.2 Å². The molecule has 1 heterocycles. The molecule has 1 aliphatic rings. The minimum atomic E-state index is -0.885. The summed E-state index contributed by atoms with van der Waals surface area (Å²) < 4.78 is 10.6. The highest BCUT2D eigenvalue weighted by Gasteiger charge is 2.31. The highest BCUT2D eigenvalue weighted by molar-refractivity contribution is 5.97. The van der Waals surface area contributed by atoms with Gasteiger partial charge in [-0.05, 0) is 30.9 Å². The number of aromatic nitrogens is 1. The molecule has 0 spiro atoms. The molecule has 148 valence electrons. The molecule has 0 fully saturated rings. The summed E-state index contributed by atoms with van der Waals surface area (Å²) in [7, 11) is 1.38. The number of amides is 1. The average molecular weight is 384 g/mol. The summed E-state index contributed by atoms with van der Waals surface area (Å²) in [5.41, 5.74) is 2.26. The number of benzene rings is 1. The Balaban J connectivity index is 1.63. The minimum absolute atomic E-state index is 0.0842. The predicted octanol–water partition coefficient (Wildman–Crippen LogP) is 2.58. The number of hydrogen-bond donors (Lipinski definition) is 2. The number of esters is 1. The van der Waals surface area contributed by atoms with Crippen LogP contribution in [0.2, 0.25) is 0 Å². The van der Waals surface area contributed by atoms with Crippen LogP contribution in [0.3, 0.4) is 0 Å². The molecule has 0 aliphatic heterocycles. The zero-order valence-corrected chi connectivity index (χ0v) is 16.1. The average Bonchev–Trinajstić information content (AvgIpc) is 2.70. The summed E-state index contributed by atoms with van der Waals surface area (Å²) in [6, 6.07) is 8.70. The monoisotopic (exact) mass is 384 g/mol. The molecule has 7 heteroatoms. The highest BCUT2D eigenvalue weighted by atomic mass is 16.5. The number of rotatable bonds is 5. The van der Waals surface area contributed by atoms with E-state index >= 15 is 0 Å². The van der Waals surface area contributed by atoms with Crippen LogP contribution in [-0.4, -0.2) is 41.2 Å². The number of ether oxygens (including phenoxy) is 2. The Kier molecular flexibility index (Phi) is 5.82. The summed E-state index contributed by atoms with van der Waals surface area (Å²) in [6.07, 6.45) is 2.69. The van der Waals surface area contributed by atoms with Crippen LogP contribution in [0, 0.1) is 0 Å². The lowest BCUT2D eigenvalue weighted by Gasteiger charge is -2.31. The third-order valence-electron chi connectivity index (χ3n) is 5.09. The molecule has 7 nitrogen and oxygen atoms in total. The first kappa shape index (κ1) is 19.7. The van der Waals surface area contributed by atoms with Crippen molar-refractivity contribution in [2.75, 3.05) is 7.11 Å². The predicted molar refractivity (Wildman–Crippen MR) is 102 cm³/mol. The molecular weight excluding hydrogens is 360 g/mol. The summed E-state index contributed by atoms with van der Waals surface area (Å²) in [6.45, 7) is 3.58. The lowest BCUT2D eigenvalue weighted by molar-refractivity contribution is -0.152.